The Morgan fingerprint density at radius 1 is 1.00 bits per heavy atom. The first-order valence-corrected chi connectivity index (χ1v) is 0. The Labute approximate surface area is 58.2 Å². The SMILES string of the molecule is C.P.[Cu].[SnH2]. The first-order valence-electron chi connectivity index (χ1n) is 0. The fraction of sp³-hybridized carbons (Fsp3) is 1.00. The van der Waals surface area contributed by atoms with Crippen LogP contribution in [0.5, 0.6) is 0 Å². The molecule has 0 spiro atoms. The molecule has 4 heavy (non-hydrogen) atoms. The monoisotopic (exact) mass is 235 g/mol. The number of rotatable bonds is 0. The van der Waals surface area contributed by atoms with Gasteiger partial charge in [0.05, 0.1) is 0 Å². The van der Waals surface area contributed by atoms with E-state index in [2.05, 4.69) is 0 Å². The Morgan fingerprint density at radius 2 is 1.00 bits per heavy atom. The van der Waals surface area contributed by atoms with Crippen molar-refractivity contribution in [1.82, 2.24) is 0 Å². The van der Waals surface area contributed by atoms with E-state index in [-0.39, 0.29) is 58.3 Å². The van der Waals surface area contributed by atoms with Gasteiger partial charge < -0.3 is 0 Å². The van der Waals surface area contributed by atoms with Crippen molar-refractivity contribution in [2.75, 3.05) is 0 Å². The zero-order valence-corrected chi connectivity index (χ0v) is 8.11. The van der Waals surface area contributed by atoms with Crippen LogP contribution in [0.2, 0.25) is 0 Å². The average molecular weight is 234 g/mol. The Kier molecular flexibility index (Phi) is 231. The standard InChI is InChI=1S/CH4.Cu.H3P.Sn.2H/h1H4;;1H3;;;. The summed E-state index contributed by atoms with van der Waals surface area (Å²) in [7, 11) is 0. The molecule has 0 aliphatic carbocycles. The molecule has 0 nitrogen and oxygen atoms in total. The van der Waals surface area contributed by atoms with E-state index < -0.39 is 0 Å². The van der Waals surface area contributed by atoms with Gasteiger partial charge in [-0.2, -0.15) is 9.90 Å². The Morgan fingerprint density at radius 3 is 1.00 bits per heavy atom. The second-order valence-electron chi connectivity index (χ2n) is 0. The molecule has 0 heterocycles. The van der Waals surface area contributed by atoms with Gasteiger partial charge in [0.25, 0.3) is 0 Å². The maximum absolute atomic E-state index is 0. The second-order valence-corrected chi connectivity index (χ2v) is 0. The van der Waals surface area contributed by atoms with Crippen molar-refractivity contribution in [3.05, 3.63) is 0 Å². The fourth-order valence-corrected chi connectivity index (χ4v) is 0. The number of hydrogen-bond donors (Lipinski definition) is 0. The van der Waals surface area contributed by atoms with E-state index in [9.17, 15) is 0 Å². The van der Waals surface area contributed by atoms with Crippen LogP contribution in [-0.2, 0) is 17.1 Å². The van der Waals surface area contributed by atoms with Gasteiger partial charge in [-0.15, -0.1) is 0 Å². The first-order chi connectivity index (χ1) is 0. The topological polar surface area (TPSA) is 0 Å². The maximum atomic E-state index is 0. The van der Waals surface area contributed by atoms with Crippen LogP contribution < -0.4 is 0 Å². The molecule has 0 amide bonds. The molecule has 0 fully saturated rings. The van der Waals surface area contributed by atoms with E-state index in [1.165, 1.54) is 0 Å². The molecule has 0 bridgehead atoms. The normalized spacial score (nSPS) is 0. The minimum absolute atomic E-state index is 0. The van der Waals surface area contributed by atoms with Crippen LogP contribution in [0.25, 0.3) is 0 Å². The summed E-state index contributed by atoms with van der Waals surface area (Å²) in [6.45, 7) is 0. The van der Waals surface area contributed by atoms with Crippen LogP contribution >= 0.6 is 9.90 Å². The van der Waals surface area contributed by atoms with Crippen molar-refractivity contribution >= 4 is 33.8 Å². The fourth-order valence-electron chi connectivity index (χ4n) is 0. The van der Waals surface area contributed by atoms with E-state index in [0.29, 0.717) is 0 Å². The van der Waals surface area contributed by atoms with E-state index in [4.69, 9.17) is 0 Å². The summed E-state index contributed by atoms with van der Waals surface area (Å²) in [6, 6.07) is 0. The van der Waals surface area contributed by atoms with E-state index in [1.54, 1.807) is 0 Å². The molecule has 0 saturated carbocycles. The van der Waals surface area contributed by atoms with Gasteiger partial charge in [-0.25, -0.2) is 0 Å². The third-order valence-electron chi connectivity index (χ3n) is 0. The Bertz CT molecular complexity index is 8.00. The molecule has 0 rings (SSSR count). The van der Waals surface area contributed by atoms with Crippen molar-refractivity contribution in [2.24, 2.45) is 0 Å². The molecule has 33 valence electrons. The van der Waals surface area contributed by atoms with Gasteiger partial charge in [0.1, 0.15) is 0 Å². The van der Waals surface area contributed by atoms with Crippen LogP contribution in [0.3, 0.4) is 0 Å². The van der Waals surface area contributed by atoms with Crippen molar-refractivity contribution in [1.29, 1.82) is 0 Å². The van der Waals surface area contributed by atoms with Crippen molar-refractivity contribution < 1.29 is 17.1 Å². The molecule has 0 saturated heterocycles. The summed E-state index contributed by atoms with van der Waals surface area (Å²) < 4.78 is 0. The van der Waals surface area contributed by atoms with E-state index >= 15 is 0 Å². The molecular formula is CH9CuPSn. The van der Waals surface area contributed by atoms with Crippen LogP contribution in [0.1, 0.15) is 7.43 Å². The van der Waals surface area contributed by atoms with Crippen molar-refractivity contribution in [2.45, 2.75) is 7.43 Å². The average Bonchev–Trinajstić information content (AvgIpc) is 0. The van der Waals surface area contributed by atoms with Crippen LogP contribution in [-0.4, -0.2) is 23.9 Å². The summed E-state index contributed by atoms with van der Waals surface area (Å²) in [5.74, 6) is 0. The van der Waals surface area contributed by atoms with Crippen LogP contribution in [0.4, 0.5) is 0 Å². The van der Waals surface area contributed by atoms with Crippen LogP contribution in [0.15, 0.2) is 0 Å². The van der Waals surface area contributed by atoms with Gasteiger partial charge in [0, 0.05) is 17.1 Å². The third-order valence-corrected chi connectivity index (χ3v) is 0. The summed E-state index contributed by atoms with van der Waals surface area (Å²) in [6.07, 6.45) is 0. The predicted octanol–water partition coefficient (Wildman–Crippen LogP) is -0.224. The van der Waals surface area contributed by atoms with E-state index in [0.717, 1.165) is 0 Å². The second kappa shape index (κ2) is 21.8. The molecule has 0 N–H and O–H groups in total. The van der Waals surface area contributed by atoms with Gasteiger partial charge >= 0.3 is 23.9 Å². The molecule has 0 aliphatic rings. The van der Waals surface area contributed by atoms with Crippen molar-refractivity contribution in [3.8, 4) is 0 Å². The van der Waals surface area contributed by atoms with Gasteiger partial charge in [-0.1, -0.05) is 7.43 Å². The van der Waals surface area contributed by atoms with E-state index in [1.807, 2.05) is 0 Å². The van der Waals surface area contributed by atoms with Crippen molar-refractivity contribution in [3.63, 3.8) is 0 Å². The predicted molar refractivity (Wildman–Crippen MR) is 26.4 cm³/mol. The zero-order valence-electron chi connectivity index (χ0n) is 1.72. The zero-order chi connectivity index (χ0) is 0. The Balaban J connectivity index is 0. The first kappa shape index (κ1) is 42.4. The summed E-state index contributed by atoms with van der Waals surface area (Å²) in [5, 5.41) is 0. The molecule has 0 aromatic carbocycles. The molecule has 1 unspecified atom stereocenters. The molecule has 3 heteroatoms. The van der Waals surface area contributed by atoms with Gasteiger partial charge in [0.15, 0.2) is 0 Å². The number of hydrogen-bond acceptors (Lipinski definition) is 0. The third kappa shape index (κ3) is 9.26. The molecule has 3 radical (unpaired) electrons. The molecule has 0 aromatic rings. The summed E-state index contributed by atoms with van der Waals surface area (Å²) in [4.78, 5) is 0. The molecule has 0 aromatic heterocycles. The summed E-state index contributed by atoms with van der Waals surface area (Å²) in [5.41, 5.74) is 0. The van der Waals surface area contributed by atoms with Crippen LogP contribution in [0, 0.1) is 0 Å². The minimum atomic E-state index is 0. The van der Waals surface area contributed by atoms with Gasteiger partial charge in [0.2, 0.25) is 0 Å². The van der Waals surface area contributed by atoms with Gasteiger partial charge in [-0.05, 0) is 0 Å². The van der Waals surface area contributed by atoms with Gasteiger partial charge in [-0.3, -0.25) is 0 Å². The quantitative estimate of drug-likeness (QED) is 0.401. The Hall–Kier alpha value is 1.75. The molecule has 1 atom stereocenters. The summed E-state index contributed by atoms with van der Waals surface area (Å²) >= 11 is 0. The molecular weight excluding hydrogens is 225 g/mol. The molecule has 0 aliphatic heterocycles.